The van der Waals surface area contributed by atoms with Crippen LogP contribution in [0.1, 0.15) is 49.7 Å². The van der Waals surface area contributed by atoms with Gasteiger partial charge in [0, 0.05) is 10.8 Å². The first-order chi connectivity index (χ1) is 7.66. The van der Waals surface area contributed by atoms with Crippen LogP contribution in [0, 0.1) is 12.3 Å². The largest absolute Gasteiger partial charge is 0.299 e. The topological polar surface area (TPSA) is 30.0 Å². The first kappa shape index (κ1) is 11.8. The van der Waals surface area contributed by atoms with Gasteiger partial charge in [-0.15, -0.1) is 11.3 Å². The van der Waals surface area contributed by atoms with Crippen LogP contribution in [0.3, 0.4) is 0 Å². The van der Waals surface area contributed by atoms with Crippen LogP contribution in [0.5, 0.6) is 0 Å². The Labute approximate surface area is 101 Å². The molecule has 1 aromatic heterocycles. The number of aryl methyl sites for hydroxylation is 1. The fourth-order valence-electron chi connectivity index (χ4n) is 2.72. The Balaban J connectivity index is 2.07. The zero-order chi connectivity index (χ0) is 11.6. The highest BCUT2D eigenvalue weighted by Gasteiger charge is 2.38. The van der Waals surface area contributed by atoms with Crippen molar-refractivity contribution in [1.82, 2.24) is 4.98 Å². The summed E-state index contributed by atoms with van der Waals surface area (Å²) in [5, 5.41) is 3.07. The van der Waals surface area contributed by atoms with E-state index in [0.29, 0.717) is 12.2 Å². The summed E-state index contributed by atoms with van der Waals surface area (Å²) in [5.74, 6) is 0.415. The Morgan fingerprint density at radius 3 is 2.69 bits per heavy atom. The highest BCUT2D eigenvalue weighted by Crippen LogP contribution is 2.42. The second kappa shape index (κ2) is 4.66. The van der Waals surface area contributed by atoms with E-state index >= 15 is 0 Å². The molecule has 0 aliphatic heterocycles. The van der Waals surface area contributed by atoms with E-state index in [-0.39, 0.29) is 5.41 Å². The van der Waals surface area contributed by atoms with E-state index in [0.717, 1.165) is 30.0 Å². The lowest BCUT2D eigenvalue weighted by Gasteiger charge is -2.25. The Hall–Kier alpha value is -0.700. The highest BCUT2D eigenvalue weighted by molar-refractivity contribution is 7.09. The van der Waals surface area contributed by atoms with Crippen LogP contribution in [0.2, 0.25) is 0 Å². The summed E-state index contributed by atoms with van der Waals surface area (Å²) >= 11 is 1.63. The molecule has 1 aliphatic rings. The molecule has 0 radical (unpaired) electrons. The summed E-state index contributed by atoms with van der Waals surface area (Å²) in [6.45, 7) is 4.14. The number of nitrogens with zero attached hydrogens (tertiary/aromatic N) is 1. The average Bonchev–Trinajstić information content (AvgIpc) is 2.88. The molecule has 2 rings (SSSR count). The molecule has 1 heterocycles. The maximum atomic E-state index is 12.3. The molecule has 1 saturated carbocycles. The van der Waals surface area contributed by atoms with E-state index in [1.54, 1.807) is 11.3 Å². The molecule has 1 aromatic rings. The maximum absolute atomic E-state index is 12.3. The molecular formula is C13H19NOS. The molecule has 0 spiro atoms. The van der Waals surface area contributed by atoms with Gasteiger partial charge in [-0.1, -0.05) is 19.8 Å². The van der Waals surface area contributed by atoms with Crippen molar-refractivity contribution in [2.24, 2.45) is 5.41 Å². The summed E-state index contributed by atoms with van der Waals surface area (Å²) in [6.07, 6.45) is 6.15. The van der Waals surface area contributed by atoms with Gasteiger partial charge in [0.15, 0.2) is 0 Å². The number of hydrogen-bond donors (Lipinski definition) is 0. The second-order valence-corrected chi connectivity index (χ2v) is 5.86. The van der Waals surface area contributed by atoms with Gasteiger partial charge in [0.1, 0.15) is 5.78 Å². The number of carbonyl (C=O) groups excluding carboxylic acids is 1. The Kier molecular flexibility index (Phi) is 3.43. The minimum absolute atomic E-state index is 0.0163. The standard InChI is InChI=1S/C13H19NOS/c1-3-13(6-4-5-7-13)12(15)8-11-9-16-10(2)14-11/h9H,3-8H2,1-2H3. The van der Waals surface area contributed by atoms with Gasteiger partial charge in [0.2, 0.25) is 0 Å². The van der Waals surface area contributed by atoms with Crippen LogP contribution in [-0.2, 0) is 11.2 Å². The first-order valence-electron chi connectivity index (χ1n) is 6.10. The molecule has 0 saturated heterocycles. The molecule has 2 nitrogen and oxygen atoms in total. The Bertz CT molecular complexity index is 377. The lowest BCUT2D eigenvalue weighted by atomic mass is 9.77. The molecule has 1 fully saturated rings. The van der Waals surface area contributed by atoms with E-state index in [2.05, 4.69) is 11.9 Å². The van der Waals surface area contributed by atoms with E-state index < -0.39 is 0 Å². The maximum Gasteiger partial charge on any atom is 0.144 e. The Morgan fingerprint density at radius 1 is 1.50 bits per heavy atom. The van der Waals surface area contributed by atoms with Gasteiger partial charge < -0.3 is 0 Å². The molecule has 1 aliphatic carbocycles. The molecule has 16 heavy (non-hydrogen) atoms. The highest BCUT2D eigenvalue weighted by atomic mass is 32.1. The number of aromatic nitrogens is 1. The summed E-state index contributed by atoms with van der Waals surface area (Å²) in [4.78, 5) is 16.7. The van der Waals surface area contributed by atoms with Crippen LogP contribution in [0.4, 0.5) is 0 Å². The smallest absolute Gasteiger partial charge is 0.144 e. The number of rotatable bonds is 4. The van der Waals surface area contributed by atoms with Crippen molar-refractivity contribution in [3.05, 3.63) is 16.1 Å². The van der Waals surface area contributed by atoms with Crippen LogP contribution in [0.25, 0.3) is 0 Å². The lowest BCUT2D eigenvalue weighted by molar-refractivity contribution is -0.128. The van der Waals surface area contributed by atoms with Crippen molar-refractivity contribution in [3.8, 4) is 0 Å². The zero-order valence-electron chi connectivity index (χ0n) is 10.1. The minimum atomic E-state index is -0.0163. The van der Waals surface area contributed by atoms with E-state index in [4.69, 9.17) is 0 Å². The third-order valence-corrected chi connectivity index (χ3v) is 4.66. The second-order valence-electron chi connectivity index (χ2n) is 4.80. The fraction of sp³-hybridized carbons (Fsp3) is 0.692. The molecule has 0 bridgehead atoms. The number of hydrogen-bond acceptors (Lipinski definition) is 3. The fourth-order valence-corrected chi connectivity index (χ4v) is 3.34. The number of carbonyl (C=O) groups is 1. The monoisotopic (exact) mass is 237 g/mol. The van der Waals surface area contributed by atoms with Gasteiger partial charge in [0.05, 0.1) is 17.1 Å². The Morgan fingerprint density at radius 2 is 2.19 bits per heavy atom. The third kappa shape index (κ3) is 2.19. The van der Waals surface area contributed by atoms with Crippen molar-refractivity contribution in [1.29, 1.82) is 0 Å². The number of ketones is 1. The van der Waals surface area contributed by atoms with Crippen molar-refractivity contribution < 1.29 is 4.79 Å². The molecule has 3 heteroatoms. The van der Waals surface area contributed by atoms with Gasteiger partial charge in [0.25, 0.3) is 0 Å². The summed E-state index contributed by atoms with van der Waals surface area (Å²) in [6, 6.07) is 0. The molecule has 0 aromatic carbocycles. The van der Waals surface area contributed by atoms with E-state index in [1.165, 1.54) is 12.8 Å². The van der Waals surface area contributed by atoms with Crippen molar-refractivity contribution >= 4 is 17.1 Å². The molecule has 0 atom stereocenters. The minimum Gasteiger partial charge on any atom is -0.299 e. The summed E-state index contributed by atoms with van der Waals surface area (Å²) in [7, 11) is 0. The third-order valence-electron chi connectivity index (χ3n) is 3.84. The summed E-state index contributed by atoms with van der Waals surface area (Å²) in [5.41, 5.74) is 0.949. The lowest BCUT2D eigenvalue weighted by Crippen LogP contribution is -2.28. The summed E-state index contributed by atoms with van der Waals surface area (Å²) < 4.78 is 0. The van der Waals surface area contributed by atoms with Gasteiger partial charge in [-0.2, -0.15) is 0 Å². The number of Topliss-reactive ketones (excluding diaryl/α,β-unsaturated/α-hetero) is 1. The molecular weight excluding hydrogens is 218 g/mol. The van der Waals surface area contributed by atoms with Crippen molar-refractivity contribution in [3.63, 3.8) is 0 Å². The zero-order valence-corrected chi connectivity index (χ0v) is 10.9. The van der Waals surface area contributed by atoms with Gasteiger partial charge >= 0.3 is 0 Å². The van der Waals surface area contributed by atoms with Crippen LogP contribution < -0.4 is 0 Å². The van der Waals surface area contributed by atoms with Crippen molar-refractivity contribution in [2.75, 3.05) is 0 Å². The predicted octanol–water partition coefficient (Wildman–Crippen LogP) is 3.53. The average molecular weight is 237 g/mol. The first-order valence-corrected chi connectivity index (χ1v) is 6.98. The van der Waals surface area contributed by atoms with Crippen LogP contribution in [-0.4, -0.2) is 10.8 Å². The molecule has 0 amide bonds. The van der Waals surface area contributed by atoms with Gasteiger partial charge in [-0.25, -0.2) is 4.98 Å². The van der Waals surface area contributed by atoms with E-state index in [1.807, 2.05) is 12.3 Å². The molecule has 0 N–H and O–H groups in total. The number of thiazole rings is 1. The van der Waals surface area contributed by atoms with E-state index in [9.17, 15) is 4.79 Å². The van der Waals surface area contributed by atoms with Crippen molar-refractivity contribution in [2.45, 2.75) is 52.4 Å². The predicted molar refractivity (Wildman–Crippen MR) is 66.8 cm³/mol. The van der Waals surface area contributed by atoms with Crippen LogP contribution in [0.15, 0.2) is 5.38 Å². The SMILES string of the molecule is CCC1(C(=O)Cc2csc(C)n2)CCCC1. The quantitative estimate of drug-likeness (QED) is 0.801. The normalized spacial score (nSPS) is 18.9. The van der Waals surface area contributed by atoms with Gasteiger partial charge in [-0.3, -0.25) is 4.79 Å². The molecule has 88 valence electrons. The van der Waals surface area contributed by atoms with Crippen LogP contribution >= 0.6 is 11.3 Å². The van der Waals surface area contributed by atoms with Gasteiger partial charge in [-0.05, 0) is 26.2 Å². The molecule has 0 unspecified atom stereocenters.